The third kappa shape index (κ3) is 2.83. The van der Waals surface area contributed by atoms with Gasteiger partial charge in [0.15, 0.2) is 23.0 Å². The molecule has 0 unspecified atom stereocenters. The molecule has 1 aliphatic heterocycles. The summed E-state index contributed by atoms with van der Waals surface area (Å²) < 4.78 is 17.3. The molecule has 0 spiro atoms. The van der Waals surface area contributed by atoms with Crippen molar-refractivity contribution in [3.05, 3.63) is 58.7 Å². The number of pyridine rings is 1. The predicted molar refractivity (Wildman–Crippen MR) is 98.6 cm³/mol. The van der Waals surface area contributed by atoms with Crippen LogP contribution in [0.3, 0.4) is 0 Å². The highest BCUT2D eigenvalue weighted by Gasteiger charge is 2.27. The van der Waals surface area contributed by atoms with Crippen molar-refractivity contribution < 1.29 is 9.18 Å². The molecule has 0 N–H and O–H groups in total. The maximum atomic E-state index is 13.1. The van der Waals surface area contributed by atoms with Gasteiger partial charge in [-0.3, -0.25) is 4.79 Å². The number of carbonyl (C=O) groups excluding carboxylic acids is 1. The Kier molecular flexibility index (Phi) is 3.90. The molecule has 0 fully saturated rings. The Balaban J connectivity index is 1.41. The molecule has 0 saturated carbocycles. The Bertz CT molecular complexity index is 1200. The average molecular weight is 443 g/mol. The zero-order chi connectivity index (χ0) is 19.3. The van der Waals surface area contributed by atoms with Gasteiger partial charge in [0.2, 0.25) is 5.95 Å². The molecule has 11 heteroatoms. The van der Waals surface area contributed by atoms with E-state index in [2.05, 4.69) is 41.2 Å². The van der Waals surface area contributed by atoms with Crippen molar-refractivity contribution in [1.29, 1.82) is 0 Å². The van der Waals surface area contributed by atoms with Gasteiger partial charge in [0.25, 0.3) is 5.91 Å². The zero-order valence-corrected chi connectivity index (χ0v) is 15.9. The van der Waals surface area contributed by atoms with Crippen LogP contribution in [-0.4, -0.2) is 51.7 Å². The summed E-state index contributed by atoms with van der Waals surface area (Å²) in [7, 11) is 0. The molecule has 0 bridgehead atoms. The van der Waals surface area contributed by atoms with Crippen LogP contribution < -0.4 is 0 Å². The third-order valence-electron chi connectivity index (χ3n) is 4.53. The highest BCUT2D eigenvalue weighted by Crippen LogP contribution is 2.22. The first kappa shape index (κ1) is 16.9. The molecule has 0 aromatic carbocycles. The molecule has 28 heavy (non-hydrogen) atoms. The Hall–Kier alpha value is -3.21. The molecule has 5 heterocycles. The SMILES string of the molecule is O=C(c1cc2ncc(Br)cn2n1)N1CCn2c(nnc2-c2ccc(F)nc2)C1. The lowest BCUT2D eigenvalue weighted by atomic mass is 10.2. The van der Waals surface area contributed by atoms with Gasteiger partial charge in [-0.2, -0.15) is 9.49 Å². The predicted octanol–water partition coefficient (Wildman–Crippen LogP) is 1.94. The molecule has 9 nitrogen and oxygen atoms in total. The lowest BCUT2D eigenvalue weighted by Crippen LogP contribution is -2.38. The van der Waals surface area contributed by atoms with Crippen LogP contribution in [0.1, 0.15) is 16.3 Å². The normalized spacial score (nSPS) is 13.7. The molecule has 5 rings (SSSR count). The molecular weight excluding hydrogens is 431 g/mol. The van der Waals surface area contributed by atoms with E-state index in [1.807, 2.05) is 4.57 Å². The number of hydrogen-bond donors (Lipinski definition) is 0. The van der Waals surface area contributed by atoms with E-state index in [-0.39, 0.29) is 5.91 Å². The van der Waals surface area contributed by atoms with E-state index in [9.17, 15) is 9.18 Å². The van der Waals surface area contributed by atoms with Gasteiger partial charge in [-0.1, -0.05) is 0 Å². The molecule has 0 radical (unpaired) electrons. The lowest BCUT2D eigenvalue weighted by Gasteiger charge is -2.27. The van der Waals surface area contributed by atoms with Crippen LogP contribution in [0.4, 0.5) is 4.39 Å². The second-order valence-electron chi connectivity index (χ2n) is 6.29. The van der Waals surface area contributed by atoms with Crippen molar-refractivity contribution in [2.45, 2.75) is 13.1 Å². The number of aromatic nitrogens is 7. The van der Waals surface area contributed by atoms with Crippen LogP contribution >= 0.6 is 15.9 Å². The largest absolute Gasteiger partial charge is 0.328 e. The molecule has 0 aliphatic carbocycles. The first-order valence-corrected chi connectivity index (χ1v) is 9.22. The fourth-order valence-corrected chi connectivity index (χ4v) is 3.47. The first-order valence-electron chi connectivity index (χ1n) is 8.43. The van der Waals surface area contributed by atoms with Crippen molar-refractivity contribution >= 4 is 27.5 Å². The Morgan fingerprint density at radius 3 is 2.86 bits per heavy atom. The van der Waals surface area contributed by atoms with Crippen molar-refractivity contribution in [2.75, 3.05) is 6.54 Å². The van der Waals surface area contributed by atoms with Crippen molar-refractivity contribution in [3.8, 4) is 11.4 Å². The summed E-state index contributed by atoms with van der Waals surface area (Å²) in [5.41, 5.74) is 1.59. The van der Waals surface area contributed by atoms with Crippen LogP contribution in [0.15, 0.2) is 41.3 Å². The van der Waals surface area contributed by atoms with Crippen molar-refractivity contribution in [2.24, 2.45) is 0 Å². The van der Waals surface area contributed by atoms with E-state index in [0.29, 0.717) is 48.2 Å². The summed E-state index contributed by atoms with van der Waals surface area (Å²) in [5.74, 6) is 0.522. The third-order valence-corrected chi connectivity index (χ3v) is 4.94. The second kappa shape index (κ2) is 6.44. The number of amides is 1. The number of fused-ring (bicyclic) bond motifs is 2. The summed E-state index contributed by atoms with van der Waals surface area (Å²) in [6.07, 6.45) is 4.82. The first-order chi connectivity index (χ1) is 13.6. The lowest BCUT2D eigenvalue weighted by molar-refractivity contribution is 0.0701. The van der Waals surface area contributed by atoms with Gasteiger partial charge in [0.1, 0.15) is 0 Å². The van der Waals surface area contributed by atoms with Gasteiger partial charge in [-0.25, -0.2) is 14.5 Å². The molecule has 4 aromatic rings. The van der Waals surface area contributed by atoms with Gasteiger partial charge >= 0.3 is 0 Å². The molecule has 1 aliphatic rings. The molecule has 4 aromatic heterocycles. The monoisotopic (exact) mass is 442 g/mol. The zero-order valence-electron chi connectivity index (χ0n) is 14.3. The summed E-state index contributed by atoms with van der Waals surface area (Å²) in [5, 5.41) is 12.7. The molecular formula is C17H12BrFN8O. The Morgan fingerprint density at radius 1 is 1.14 bits per heavy atom. The molecule has 0 saturated heterocycles. The number of carbonyl (C=O) groups is 1. The fraction of sp³-hybridized carbons (Fsp3) is 0.176. The summed E-state index contributed by atoms with van der Waals surface area (Å²) in [6.45, 7) is 1.32. The highest BCUT2D eigenvalue weighted by atomic mass is 79.9. The van der Waals surface area contributed by atoms with Gasteiger partial charge in [-0.05, 0) is 28.1 Å². The van der Waals surface area contributed by atoms with Crippen LogP contribution in [0.2, 0.25) is 0 Å². The molecule has 1 amide bonds. The second-order valence-corrected chi connectivity index (χ2v) is 7.21. The van der Waals surface area contributed by atoms with Crippen LogP contribution in [0.25, 0.3) is 17.0 Å². The minimum Gasteiger partial charge on any atom is -0.328 e. The average Bonchev–Trinajstić information content (AvgIpc) is 3.31. The van der Waals surface area contributed by atoms with E-state index in [0.717, 1.165) is 4.47 Å². The van der Waals surface area contributed by atoms with Gasteiger partial charge in [0, 0.05) is 43.3 Å². The summed E-state index contributed by atoms with van der Waals surface area (Å²) in [4.78, 5) is 22.4. The van der Waals surface area contributed by atoms with Crippen LogP contribution in [-0.2, 0) is 13.1 Å². The number of rotatable bonds is 2. The molecule has 0 atom stereocenters. The van der Waals surface area contributed by atoms with E-state index in [1.165, 1.54) is 12.3 Å². The van der Waals surface area contributed by atoms with Gasteiger partial charge in [-0.15, -0.1) is 10.2 Å². The van der Waals surface area contributed by atoms with Crippen LogP contribution in [0, 0.1) is 5.95 Å². The topological polar surface area (TPSA) is 94.1 Å². The van der Waals surface area contributed by atoms with E-state index in [1.54, 1.807) is 33.9 Å². The van der Waals surface area contributed by atoms with E-state index in [4.69, 9.17) is 0 Å². The fourth-order valence-electron chi connectivity index (χ4n) is 3.17. The maximum absolute atomic E-state index is 13.1. The smallest absolute Gasteiger partial charge is 0.274 e. The van der Waals surface area contributed by atoms with Crippen molar-refractivity contribution in [3.63, 3.8) is 0 Å². The van der Waals surface area contributed by atoms with E-state index < -0.39 is 5.95 Å². The van der Waals surface area contributed by atoms with E-state index >= 15 is 0 Å². The van der Waals surface area contributed by atoms with Crippen LogP contribution in [0.5, 0.6) is 0 Å². The molecule has 140 valence electrons. The number of nitrogens with zero attached hydrogens (tertiary/aromatic N) is 8. The standard InChI is InChI=1S/C17H12BrFN8O/c18-11-7-21-14-5-12(24-27(14)8-11)17(28)25-3-4-26-15(9-25)22-23-16(26)10-1-2-13(19)20-6-10/h1-2,5-8H,3-4,9H2. The number of hydrogen-bond acceptors (Lipinski definition) is 6. The highest BCUT2D eigenvalue weighted by molar-refractivity contribution is 9.10. The number of halogens is 2. The Morgan fingerprint density at radius 2 is 2.04 bits per heavy atom. The quantitative estimate of drug-likeness (QED) is 0.440. The summed E-state index contributed by atoms with van der Waals surface area (Å²) >= 11 is 3.34. The van der Waals surface area contributed by atoms with Gasteiger partial charge < -0.3 is 9.47 Å². The minimum atomic E-state index is -0.548. The maximum Gasteiger partial charge on any atom is 0.274 e. The Labute approximate surface area is 166 Å². The minimum absolute atomic E-state index is 0.194. The van der Waals surface area contributed by atoms with Crippen molar-refractivity contribution in [1.82, 2.24) is 39.2 Å². The van der Waals surface area contributed by atoms with Gasteiger partial charge in [0.05, 0.1) is 11.0 Å². The summed E-state index contributed by atoms with van der Waals surface area (Å²) in [6, 6.07) is 4.55.